The highest BCUT2D eigenvalue weighted by molar-refractivity contribution is 7.93. The first-order chi connectivity index (χ1) is 31.0. The maximum absolute atomic E-state index is 15.5. The van der Waals surface area contributed by atoms with Crippen molar-refractivity contribution in [1.82, 2.24) is 29.9 Å². The van der Waals surface area contributed by atoms with E-state index in [0.717, 1.165) is 12.1 Å². The number of nitrogens with one attached hydrogen (secondary N) is 2. The molecule has 0 spiro atoms. The third-order valence-electron chi connectivity index (χ3n) is 12.3. The number of benzene rings is 2. The number of fused-ring (bicyclic) bond motifs is 4. The molecule has 3 aliphatic carbocycles. The Morgan fingerprint density at radius 3 is 2.21 bits per heavy atom. The molecule has 2 aromatic carbocycles. The molecule has 67 heavy (non-hydrogen) atoms. The zero-order chi connectivity index (χ0) is 49.0. The van der Waals surface area contributed by atoms with Crippen LogP contribution in [0.15, 0.2) is 42.5 Å². The van der Waals surface area contributed by atoms with Gasteiger partial charge in [0.1, 0.15) is 30.4 Å². The van der Waals surface area contributed by atoms with E-state index in [2.05, 4.69) is 20.2 Å². The van der Waals surface area contributed by atoms with Crippen LogP contribution in [0.3, 0.4) is 0 Å². The van der Waals surface area contributed by atoms with E-state index in [4.69, 9.17) is 16.6 Å². The third kappa shape index (κ3) is 9.45. The topological polar surface area (TPSA) is 158 Å². The van der Waals surface area contributed by atoms with Crippen LogP contribution in [0.4, 0.5) is 49.7 Å². The molecule has 5 aromatic rings. The first-order valence-corrected chi connectivity index (χ1v) is 24.4. The lowest BCUT2D eigenvalue weighted by Crippen LogP contribution is -2.36. The van der Waals surface area contributed by atoms with E-state index in [1.165, 1.54) is 45.0 Å². The molecule has 0 saturated heterocycles. The standard InChI is InChI=1S/C42H40ClF10N7O5S2/c1-4-66(62,63)58-38-33-29(43)10-9-26(35(33)60(57-38)19-40(46,47)48)25-8-5-23(11-12-39(2,3)67(64,65)24-6-7-24)54-34(25)30(15-20-13-21(44)16-22(45)14-20)55-31(61)18-59-37-32(36(56-59)42(51,52)53)27-17-28(27)41(37,49)50/h5,8-10,13-14,16,24,27-28,30H,4,6-7,11-12,15,17-19H2,1-3H3,(H,55,61)(H,57,58)/t27-,28?,30-/m0/s1. The Kier molecular flexibility index (Phi) is 12.0. The Morgan fingerprint density at radius 2 is 1.60 bits per heavy atom. The van der Waals surface area contributed by atoms with Crippen molar-refractivity contribution < 1.29 is 65.5 Å². The number of aromatic nitrogens is 5. The fourth-order valence-electron chi connectivity index (χ4n) is 8.77. The summed E-state index contributed by atoms with van der Waals surface area (Å²) in [5.41, 5.74) is -4.35. The number of nitrogens with zero attached hydrogens (tertiary/aromatic N) is 5. The number of carbonyl (C=O) groups is 1. The van der Waals surface area contributed by atoms with E-state index in [-0.39, 0.29) is 62.4 Å². The van der Waals surface area contributed by atoms with Crippen LogP contribution in [0.5, 0.6) is 0 Å². The minimum absolute atomic E-state index is 0.0175. The van der Waals surface area contributed by atoms with Crippen LogP contribution < -0.4 is 10.0 Å². The van der Waals surface area contributed by atoms with Crippen LogP contribution in [0.2, 0.25) is 5.02 Å². The van der Waals surface area contributed by atoms with E-state index in [1.807, 2.05) is 0 Å². The van der Waals surface area contributed by atoms with Gasteiger partial charge in [-0.15, -0.1) is 0 Å². The minimum Gasteiger partial charge on any atom is -0.346 e. The van der Waals surface area contributed by atoms with Gasteiger partial charge in [-0.1, -0.05) is 23.7 Å². The lowest BCUT2D eigenvalue weighted by molar-refractivity contribution is -0.142. The summed E-state index contributed by atoms with van der Waals surface area (Å²) in [7, 11) is -7.83. The number of alkyl halides is 8. The van der Waals surface area contributed by atoms with Gasteiger partial charge in [-0.3, -0.25) is 23.9 Å². The van der Waals surface area contributed by atoms with Gasteiger partial charge in [0.2, 0.25) is 15.9 Å². The first kappa shape index (κ1) is 48.5. The highest BCUT2D eigenvalue weighted by Gasteiger charge is 2.68. The van der Waals surface area contributed by atoms with Crippen molar-refractivity contribution in [3.8, 4) is 11.1 Å². The number of hydrogen-bond acceptors (Lipinski definition) is 8. The largest absolute Gasteiger partial charge is 0.435 e. The second-order valence-corrected chi connectivity index (χ2v) is 22.9. The van der Waals surface area contributed by atoms with E-state index in [0.29, 0.717) is 23.6 Å². The van der Waals surface area contributed by atoms with Crippen molar-refractivity contribution in [3.05, 3.63) is 93.0 Å². The summed E-state index contributed by atoms with van der Waals surface area (Å²) in [6.07, 6.45) is -10.1. The average molecular weight is 1010 g/mol. The number of carbonyl (C=O) groups excluding carboxylic acids is 1. The number of aryl methyl sites for hydroxylation is 1. The number of sulfonamides is 1. The Morgan fingerprint density at radius 1 is 0.940 bits per heavy atom. The van der Waals surface area contributed by atoms with Crippen molar-refractivity contribution >= 4 is 54.1 Å². The van der Waals surface area contributed by atoms with Crippen LogP contribution in [-0.4, -0.2) is 69.2 Å². The van der Waals surface area contributed by atoms with E-state index in [1.54, 1.807) is 0 Å². The summed E-state index contributed by atoms with van der Waals surface area (Å²) >= 11 is 6.54. The lowest BCUT2D eigenvalue weighted by atomic mass is 9.93. The number of amides is 1. The zero-order valence-electron chi connectivity index (χ0n) is 35.5. The van der Waals surface area contributed by atoms with Gasteiger partial charge in [0, 0.05) is 34.4 Å². The molecule has 3 aliphatic rings. The average Bonchev–Trinajstić information content (AvgIpc) is 4.13. The van der Waals surface area contributed by atoms with Gasteiger partial charge in [-0.05, 0) is 95.0 Å². The Balaban J connectivity index is 1.30. The van der Waals surface area contributed by atoms with Gasteiger partial charge in [-0.25, -0.2) is 25.6 Å². The Hall–Kier alpha value is -4.97. The van der Waals surface area contributed by atoms with Gasteiger partial charge in [0.25, 0.3) is 5.92 Å². The molecular weight excluding hydrogens is 972 g/mol. The van der Waals surface area contributed by atoms with E-state index in [9.17, 15) is 56.8 Å². The normalized spacial score (nSPS) is 18.8. The second kappa shape index (κ2) is 16.6. The van der Waals surface area contributed by atoms with Crippen molar-refractivity contribution in [2.45, 2.75) is 113 Å². The summed E-state index contributed by atoms with van der Waals surface area (Å²) in [5.74, 6) is -10.9. The third-order valence-corrected chi connectivity index (χ3v) is 17.0. The van der Waals surface area contributed by atoms with Crippen LogP contribution in [-0.2, 0) is 62.7 Å². The molecule has 1 amide bonds. The monoisotopic (exact) mass is 1010 g/mol. The molecule has 3 atom stereocenters. The molecule has 1 unspecified atom stereocenters. The molecule has 3 aromatic heterocycles. The number of pyridine rings is 1. The van der Waals surface area contributed by atoms with Crippen molar-refractivity contribution in [3.63, 3.8) is 0 Å². The molecule has 2 N–H and O–H groups in total. The molecule has 0 bridgehead atoms. The van der Waals surface area contributed by atoms with E-state index < -0.39 is 137 Å². The van der Waals surface area contributed by atoms with Gasteiger partial charge in [-0.2, -0.15) is 45.3 Å². The van der Waals surface area contributed by atoms with Crippen molar-refractivity contribution in [1.29, 1.82) is 0 Å². The molecule has 3 heterocycles. The van der Waals surface area contributed by atoms with Crippen LogP contribution in [0.25, 0.3) is 22.0 Å². The van der Waals surface area contributed by atoms with Gasteiger partial charge >= 0.3 is 12.4 Å². The number of sulfone groups is 1. The number of hydrogen-bond donors (Lipinski definition) is 2. The highest BCUT2D eigenvalue weighted by atomic mass is 35.5. The quantitative estimate of drug-likeness (QED) is 0.0927. The molecule has 0 aliphatic heterocycles. The van der Waals surface area contributed by atoms with Crippen LogP contribution in [0.1, 0.15) is 92.3 Å². The Labute approximate surface area is 381 Å². The number of halogens is 11. The van der Waals surface area contributed by atoms with Crippen LogP contribution in [0, 0.1) is 17.6 Å². The van der Waals surface area contributed by atoms with Crippen molar-refractivity contribution in [2.24, 2.45) is 5.92 Å². The van der Waals surface area contributed by atoms with Crippen molar-refractivity contribution in [2.75, 3.05) is 10.5 Å². The molecule has 8 rings (SSSR count). The maximum atomic E-state index is 15.5. The fourth-order valence-corrected chi connectivity index (χ4v) is 11.6. The maximum Gasteiger partial charge on any atom is 0.435 e. The molecule has 0 radical (unpaired) electrons. The van der Waals surface area contributed by atoms with Gasteiger partial charge in [0.15, 0.2) is 21.3 Å². The van der Waals surface area contributed by atoms with Crippen LogP contribution >= 0.6 is 11.6 Å². The smallest absolute Gasteiger partial charge is 0.346 e. The minimum atomic E-state index is -5.17. The summed E-state index contributed by atoms with van der Waals surface area (Å²) in [4.78, 5) is 18.9. The molecule has 12 nitrogen and oxygen atoms in total. The van der Waals surface area contributed by atoms with Gasteiger partial charge in [0.05, 0.1) is 43.4 Å². The van der Waals surface area contributed by atoms with Gasteiger partial charge < -0.3 is 5.32 Å². The molecule has 362 valence electrons. The second-order valence-electron chi connectivity index (χ2n) is 17.6. The molecule has 25 heteroatoms. The highest BCUT2D eigenvalue weighted by Crippen LogP contribution is 2.68. The lowest BCUT2D eigenvalue weighted by Gasteiger charge is -2.26. The first-order valence-electron chi connectivity index (χ1n) is 20.8. The zero-order valence-corrected chi connectivity index (χ0v) is 37.9. The summed E-state index contributed by atoms with van der Waals surface area (Å²) < 4.78 is 200. The summed E-state index contributed by atoms with van der Waals surface area (Å²) in [6, 6.07) is 5.87. The SMILES string of the molecule is CCS(=O)(=O)Nc1nn(CC(F)(F)F)c2c(-c3ccc(CCC(C)(C)S(=O)(=O)C4CC4)nc3[C@H](Cc3cc(F)cc(F)c3)NC(=O)Cn3nc(C(F)(F)F)c4c3C(F)(F)C3C[C@H]43)ccc(Cl)c12. The summed E-state index contributed by atoms with van der Waals surface area (Å²) in [6.45, 7) is 1.29. The number of anilines is 1. The molecular formula is C42H40ClF10N7O5S2. The Bertz CT molecular complexity index is 3020. The predicted molar refractivity (Wildman–Crippen MR) is 224 cm³/mol. The molecule has 2 saturated carbocycles. The number of rotatable bonds is 16. The van der Waals surface area contributed by atoms with E-state index >= 15 is 8.78 Å². The predicted octanol–water partition coefficient (Wildman–Crippen LogP) is 9.17. The molecule has 2 fully saturated rings. The summed E-state index contributed by atoms with van der Waals surface area (Å²) in [5, 5.41) is 8.75. The fraction of sp³-hybridized carbons (Fsp3) is 0.476.